The molecule has 0 fully saturated rings. The topological polar surface area (TPSA) is 85.6 Å². The van der Waals surface area contributed by atoms with Crippen molar-refractivity contribution in [2.24, 2.45) is 0 Å². The maximum absolute atomic E-state index is 12.9. The summed E-state index contributed by atoms with van der Waals surface area (Å²) in [5.74, 6) is 0.174. The number of rotatable bonds is 7. The lowest BCUT2D eigenvalue weighted by Gasteiger charge is -2.08. The average molecular weight is 481 g/mol. The van der Waals surface area contributed by atoms with Crippen LogP contribution in [0.5, 0.6) is 0 Å². The van der Waals surface area contributed by atoms with Crippen LogP contribution in [0.1, 0.15) is 21.7 Å². The van der Waals surface area contributed by atoms with Crippen LogP contribution in [0.2, 0.25) is 0 Å². The molecule has 0 atom stereocenters. The van der Waals surface area contributed by atoms with Crippen molar-refractivity contribution >= 4 is 33.6 Å². The number of nitrogens with one attached hydrogen (secondary N) is 1. The van der Waals surface area contributed by atoms with Gasteiger partial charge in [0.1, 0.15) is 0 Å². The summed E-state index contributed by atoms with van der Waals surface area (Å²) >= 11 is 4.86. The number of nitrogens with zero attached hydrogens (tertiary/aromatic N) is 5. The van der Waals surface area contributed by atoms with Crippen molar-refractivity contribution in [2.75, 3.05) is 0 Å². The molecule has 4 rings (SSSR count). The Bertz CT molecular complexity index is 1120. The molecule has 0 aliphatic carbocycles. The first kappa shape index (κ1) is 20.2. The monoisotopic (exact) mass is 480 g/mol. The van der Waals surface area contributed by atoms with E-state index in [1.165, 1.54) is 11.8 Å². The van der Waals surface area contributed by atoms with E-state index < -0.39 is 0 Å². The van der Waals surface area contributed by atoms with E-state index >= 15 is 0 Å². The average Bonchev–Trinajstić information content (AvgIpc) is 3.22. The van der Waals surface area contributed by atoms with Gasteiger partial charge in [-0.2, -0.15) is 0 Å². The fourth-order valence-electron chi connectivity index (χ4n) is 2.75. The predicted octanol–water partition coefficient (Wildman–Crippen LogP) is 4.04. The van der Waals surface area contributed by atoms with Gasteiger partial charge in [-0.15, -0.1) is 5.10 Å². The molecule has 0 bridgehead atoms. The van der Waals surface area contributed by atoms with Gasteiger partial charge in [0.15, 0.2) is 10.9 Å². The summed E-state index contributed by atoms with van der Waals surface area (Å²) < 4.78 is 2.64. The third kappa shape index (κ3) is 4.92. The molecular weight excluding hydrogens is 464 g/mol. The van der Waals surface area contributed by atoms with Crippen LogP contribution in [0.3, 0.4) is 0 Å². The molecule has 0 saturated carbocycles. The summed E-state index contributed by atoms with van der Waals surface area (Å²) in [5.41, 5.74) is 2.80. The zero-order valence-electron chi connectivity index (χ0n) is 15.8. The molecule has 0 radical (unpaired) electrons. The van der Waals surface area contributed by atoms with Gasteiger partial charge in [-0.3, -0.25) is 4.79 Å². The van der Waals surface area contributed by atoms with Gasteiger partial charge in [0.2, 0.25) is 0 Å². The fourth-order valence-corrected chi connectivity index (χ4v) is 3.81. The molecule has 1 amide bonds. The van der Waals surface area contributed by atoms with E-state index in [-0.39, 0.29) is 11.6 Å². The van der Waals surface area contributed by atoms with Crippen molar-refractivity contribution in [2.45, 2.75) is 17.5 Å². The molecule has 0 aliphatic heterocycles. The van der Waals surface area contributed by atoms with Gasteiger partial charge in [-0.05, 0) is 35.9 Å². The number of hydrogen-bond donors (Lipinski definition) is 1. The van der Waals surface area contributed by atoms with Crippen molar-refractivity contribution in [3.63, 3.8) is 0 Å². The Morgan fingerprint density at radius 3 is 2.47 bits per heavy atom. The summed E-state index contributed by atoms with van der Waals surface area (Å²) in [4.78, 5) is 21.3. The fraction of sp³-hybridized carbons (Fsp3) is 0.0952. The highest BCUT2D eigenvalue weighted by molar-refractivity contribution is 9.10. The van der Waals surface area contributed by atoms with E-state index in [0.717, 1.165) is 15.7 Å². The second-order valence-corrected chi connectivity index (χ2v) is 8.12. The molecule has 0 unspecified atom stereocenters. The van der Waals surface area contributed by atoms with Gasteiger partial charge in [-0.1, -0.05) is 63.2 Å². The molecular formula is C21H17BrN6OS. The maximum atomic E-state index is 12.9. The van der Waals surface area contributed by atoms with Crippen molar-refractivity contribution < 1.29 is 4.79 Å². The minimum atomic E-state index is -0.271. The molecule has 0 spiro atoms. The lowest BCUT2D eigenvalue weighted by Crippen LogP contribution is -2.24. The van der Waals surface area contributed by atoms with Crippen LogP contribution in [-0.2, 0) is 12.3 Å². The Morgan fingerprint density at radius 2 is 1.73 bits per heavy atom. The SMILES string of the molecule is O=C(NCc1ccccc1)c1nnn(-c2ccc(Br)cc2)c1CSc1ncccn1. The van der Waals surface area contributed by atoms with Crippen LogP contribution in [-0.4, -0.2) is 30.9 Å². The van der Waals surface area contributed by atoms with E-state index in [2.05, 4.69) is 41.5 Å². The number of benzene rings is 2. The Morgan fingerprint density at radius 1 is 1.00 bits per heavy atom. The standard InChI is InChI=1S/C21H17BrN6OS/c22-16-7-9-17(10-8-16)28-18(14-30-21-23-11-4-12-24-21)19(26-27-28)20(29)25-13-15-5-2-1-3-6-15/h1-12H,13-14H2,(H,25,29). The maximum Gasteiger partial charge on any atom is 0.274 e. The third-order valence-corrected chi connectivity index (χ3v) is 5.64. The third-order valence-electron chi connectivity index (χ3n) is 4.23. The summed E-state index contributed by atoms with van der Waals surface area (Å²) in [6, 6.07) is 19.2. The van der Waals surface area contributed by atoms with E-state index in [4.69, 9.17) is 0 Å². The molecule has 2 aromatic heterocycles. The first-order chi connectivity index (χ1) is 14.7. The van der Waals surface area contributed by atoms with Crippen molar-refractivity contribution in [3.05, 3.63) is 94.5 Å². The molecule has 0 aliphatic rings. The Balaban J connectivity index is 1.60. The van der Waals surface area contributed by atoms with Crippen LogP contribution >= 0.6 is 27.7 Å². The zero-order valence-corrected chi connectivity index (χ0v) is 18.2. The molecule has 7 nitrogen and oxygen atoms in total. The number of carbonyl (C=O) groups is 1. The minimum Gasteiger partial charge on any atom is -0.347 e. The van der Waals surface area contributed by atoms with Gasteiger partial charge in [0.25, 0.3) is 5.91 Å². The summed E-state index contributed by atoms with van der Waals surface area (Å²) in [7, 11) is 0. The van der Waals surface area contributed by atoms with Gasteiger partial charge >= 0.3 is 0 Å². The molecule has 9 heteroatoms. The molecule has 0 saturated heterocycles. The molecule has 150 valence electrons. The number of halogens is 1. The molecule has 30 heavy (non-hydrogen) atoms. The van der Waals surface area contributed by atoms with Crippen LogP contribution < -0.4 is 5.32 Å². The van der Waals surface area contributed by atoms with Gasteiger partial charge in [-0.25, -0.2) is 14.6 Å². The van der Waals surface area contributed by atoms with Crippen molar-refractivity contribution in [1.29, 1.82) is 0 Å². The first-order valence-corrected chi connectivity index (χ1v) is 10.9. The second-order valence-electron chi connectivity index (χ2n) is 6.26. The largest absolute Gasteiger partial charge is 0.347 e. The van der Waals surface area contributed by atoms with Gasteiger partial charge in [0, 0.05) is 29.2 Å². The highest BCUT2D eigenvalue weighted by Crippen LogP contribution is 2.23. The zero-order chi connectivity index (χ0) is 20.8. The molecule has 1 N–H and O–H groups in total. The normalized spacial score (nSPS) is 10.7. The van der Waals surface area contributed by atoms with Crippen LogP contribution in [0.15, 0.2) is 82.7 Å². The molecule has 2 heterocycles. The lowest BCUT2D eigenvalue weighted by molar-refractivity contribution is 0.0945. The summed E-state index contributed by atoms with van der Waals surface area (Å²) in [6.07, 6.45) is 3.38. The van der Waals surface area contributed by atoms with Crippen LogP contribution in [0, 0.1) is 0 Å². The minimum absolute atomic E-state index is 0.271. The summed E-state index contributed by atoms with van der Waals surface area (Å²) in [5, 5.41) is 12.0. The molecule has 4 aromatic rings. The van der Waals surface area contributed by atoms with E-state index in [9.17, 15) is 4.79 Å². The second kappa shape index (κ2) is 9.64. The Kier molecular flexibility index (Phi) is 6.50. The van der Waals surface area contributed by atoms with Gasteiger partial charge < -0.3 is 5.32 Å². The van der Waals surface area contributed by atoms with E-state index in [1.807, 2.05) is 54.6 Å². The van der Waals surface area contributed by atoms with Gasteiger partial charge in [0.05, 0.1) is 11.4 Å². The predicted molar refractivity (Wildman–Crippen MR) is 118 cm³/mol. The number of aromatic nitrogens is 5. The number of carbonyl (C=O) groups excluding carboxylic acids is 1. The van der Waals surface area contributed by atoms with E-state index in [1.54, 1.807) is 23.1 Å². The van der Waals surface area contributed by atoms with Crippen molar-refractivity contribution in [1.82, 2.24) is 30.3 Å². The Labute approximate surface area is 186 Å². The molecule has 2 aromatic carbocycles. The quantitative estimate of drug-likeness (QED) is 0.317. The number of thioether (sulfide) groups is 1. The first-order valence-electron chi connectivity index (χ1n) is 9.13. The highest BCUT2D eigenvalue weighted by atomic mass is 79.9. The number of amides is 1. The lowest BCUT2D eigenvalue weighted by atomic mass is 10.2. The van der Waals surface area contributed by atoms with E-state index in [0.29, 0.717) is 23.1 Å². The smallest absolute Gasteiger partial charge is 0.274 e. The number of hydrogen-bond acceptors (Lipinski definition) is 6. The van der Waals surface area contributed by atoms with Crippen LogP contribution in [0.25, 0.3) is 5.69 Å². The summed E-state index contributed by atoms with van der Waals surface area (Å²) in [6.45, 7) is 0.416. The van der Waals surface area contributed by atoms with Crippen molar-refractivity contribution in [3.8, 4) is 5.69 Å². The van der Waals surface area contributed by atoms with Crippen LogP contribution in [0.4, 0.5) is 0 Å². The Hall–Kier alpha value is -3.04. The highest BCUT2D eigenvalue weighted by Gasteiger charge is 2.21.